The molecule has 2 aromatic heterocycles. The summed E-state index contributed by atoms with van der Waals surface area (Å²) >= 11 is 0. The number of carbonyl (C=O) groups excluding carboxylic acids is 1. The number of aryl methyl sites for hydroxylation is 1. The average molecular weight is 409 g/mol. The van der Waals surface area contributed by atoms with Crippen LogP contribution < -0.4 is 14.8 Å². The number of benzene rings is 1. The van der Waals surface area contributed by atoms with Crippen molar-refractivity contribution in [1.29, 1.82) is 0 Å². The van der Waals surface area contributed by atoms with Crippen molar-refractivity contribution >= 4 is 11.7 Å². The van der Waals surface area contributed by atoms with Crippen molar-refractivity contribution in [3.63, 3.8) is 0 Å². The molecule has 3 rings (SSSR count). The minimum absolute atomic E-state index is 0.0951. The smallest absolute Gasteiger partial charge is 0.225 e. The Kier molecular flexibility index (Phi) is 6.40. The van der Waals surface area contributed by atoms with E-state index in [1.165, 1.54) is 0 Å². The van der Waals surface area contributed by atoms with Crippen molar-refractivity contribution in [2.24, 2.45) is 0 Å². The number of rotatable bonds is 7. The van der Waals surface area contributed by atoms with E-state index in [-0.39, 0.29) is 11.3 Å². The minimum Gasteiger partial charge on any atom is -0.493 e. The Hall–Kier alpha value is -3.35. The first-order valence-corrected chi connectivity index (χ1v) is 9.84. The van der Waals surface area contributed by atoms with Gasteiger partial charge in [-0.2, -0.15) is 9.78 Å². The molecule has 3 aromatic rings. The Bertz CT molecular complexity index is 1010. The number of anilines is 1. The van der Waals surface area contributed by atoms with Gasteiger partial charge in [-0.3, -0.25) is 4.79 Å². The standard InChI is InChI=1S/C23H28N4O3/c1-23(2,3)19-15-21(27(26-19)20-8-6-7-13-24-20)25-22(28)12-10-16-9-11-17(29-4)18(14-16)30-5/h6-9,11,13-15H,10,12H2,1-5H3,(H,25,28). The molecule has 7 nitrogen and oxygen atoms in total. The van der Waals surface area contributed by atoms with Gasteiger partial charge in [0.15, 0.2) is 17.3 Å². The SMILES string of the molecule is COc1ccc(CCC(=O)Nc2cc(C(C)(C)C)nn2-c2ccccn2)cc1OC. The summed E-state index contributed by atoms with van der Waals surface area (Å²) in [6.07, 6.45) is 2.61. The fraction of sp³-hybridized carbons (Fsp3) is 0.348. The van der Waals surface area contributed by atoms with Crippen molar-refractivity contribution in [2.75, 3.05) is 19.5 Å². The van der Waals surface area contributed by atoms with Gasteiger partial charge < -0.3 is 14.8 Å². The minimum atomic E-state index is -0.154. The van der Waals surface area contributed by atoms with Crippen molar-refractivity contribution in [1.82, 2.24) is 14.8 Å². The molecule has 1 N–H and O–H groups in total. The van der Waals surface area contributed by atoms with Crippen LogP contribution in [0.2, 0.25) is 0 Å². The molecule has 0 unspecified atom stereocenters. The number of carbonyl (C=O) groups is 1. The lowest BCUT2D eigenvalue weighted by molar-refractivity contribution is -0.116. The van der Waals surface area contributed by atoms with E-state index < -0.39 is 0 Å². The van der Waals surface area contributed by atoms with Crippen LogP contribution in [0.4, 0.5) is 5.82 Å². The highest BCUT2D eigenvalue weighted by Crippen LogP contribution is 2.28. The lowest BCUT2D eigenvalue weighted by Gasteiger charge is -2.13. The van der Waals surface area contributed by atoms with Crippen LogP contribution in [0.5, 0.6) is 11.5 Å². The van der Waals surface area contributed by atoms with E-state index in [0.29, 0.717) is 36.0 Å². The molecule has 0 saturated carbocycles. The predicted octanol–water partition coefficient (Wildman–Crippen LogP) is 4.15. The van der Waals surface area contributed by atoms with Crippen LogP contribution in [-0.2, 0) is 16.6 Å². The first-order chi connectivity index (χ1) is 14.3. The van der Waals surface area contributed by atoms with Gasteiger partial charge in [-0.15, -0.1) is 0 Å². The lowest BCUT2D eigenvalue weighted by Crippen LogP contribution is -2.16. The zero-order valence-corrected chi connectivity index (χ0v) is 18.1. The van der Waals surface area contributed by atoms with Crippen LogP contribution in [0, 0.1) is 0 Å². The molecule has 0 bridgehead atoms. The molecule has 0 saturated heterocycles. The Balaban J connectivity index is 1.75. The van der Waals surface area contributed by atoms with Gasteiger partial charge in [0, 0.05) is 24.1 Å². The number of hydrogen-bond acceptors (Lipinski definition) is 5. The number of hydrogen-bond donors (Lipinski definition) is 1. The quantitative estimate of drug-likeness (QED) is 0.635. The summed E-state index contributed by atoms with van der Waals surface area (Å²) in [6.45, 7) is 6.25. The number of pyridine rings is 1. The number of ether oxygens (including phenoxy) is 2. The molecular formula is C23H28N4O3. The Labute approximate surface area is 177 Å². The second kappa shape index (κ2) is 8.98. The fourth-order valence-electron chi connectivity index (χ4n) is 2.99. The van der Waals surface area contributed by atoms with Crippen molar-refractivity contribution in [2.45, 2.75) is 39.0 Å². The van der Waals surface area contributed by atoms with Gasteiger partial charge in [-0.1, -0.05) is 32.9 Å². The predicted molar refractivity (Wildman–Crippen MR) is 117 cm³/mol. The van der Waals surface area contributed by atoms with Gasteiger partial charge >= 0.3 is 0 Å². The number of nitrogens with one attached hydrogen (secondary N) is 1. The van der Waals surface area contributed by atoms with Gasteiger partial charge in [0.2, 0.25) is 5.91 Å². The van der Waals surface area contributed by atoms with Crippen molar-refractivity contribution in [3.8, 4) is 17.3 Å². The van der Waals surface area contributed by atoms with E-state index in [1.807, 2.05) is 42.5 Å². The van der Waals surface area contributed by atoms with Gasteiger partial charge in [0.1, 0.15) is 5.82 Å². The Morgan fingerprint density at radius 3 is 2.47 bits per heavy atom. The monoisotopic (exact) mass is 408 g/mol. The molecule has 1 aromatic carbocycles. The summed E-state index contributed by atoms with van der Waals surface area (Å²) in [6, 6.07) is 13.2. The van der Waals surface area contributed by atoms with Gasteiger partial charge in [0.05, 0.1) is 19.9 Å². The second-order valence-corrected chi connectivity index (χ2v) is 8.00. The first kappa shape index (κ1) is 21.4. The second-order valence-electron chi connectivity index (χ2n) is 8.00. The largest absolute Gasteiger partial charge is 0.493 e. The topological polar surface area (TPSA) is 78.3 Å². The maximum absolute atomic E-state index is 12.7. The maximum Gasteiger partial charge on any atom is 0.225 e. The average Bonchev–Trinajstić information content (AvgIpc) is 3.17. The third-order valence-electron chi connectivity index (χ3n) is 4.70. The van der Waals surface area contributed by atoms with Crippen LogP contribution in [0.3, 0.4) is 0 Å². The highest BCUT2D eigenvalue weighted by Gasteiger charge is 2.22. The van der Waals surface area contributed by atoms with E-state index in [1.54, 1.807) is 25.1 Å². The van der Waals surface area contributed by atoms with E-state index in [4.69, 9.17) is 9.47 Å². The highest BCUT2D eigenvalue weighted by atomic mass is 16.5. The molecule has 0 fully saturated rings. The van der Waals surface area contributed by atoms with Crippen LogP contribution >= 0.6 is 0 Å². The third-order valence-corrected chi connectivity index (χ3v) is 4.70. The molecule has 2 heterocycles. The Morgan fingerprint density at radius 1 is 1.07 bits per heavy atom. The van der Waals surface area contributed by atoms with Gasteiger partial charge in [-0.05, 0) is 36.2 Å². The molecule has 0 aliphatic rings. The third kappa shape index (κ3) is 4.97. The van der Waals surface area contributed by atoms with Crippen molar-refractivity contribution < 1.29 is 14.3 Å². The molecule has 1 amide bonds. The van der Waals surface area contributed by atoms with Gasteiger partial charge in [0.25, 0.3) is 0 Å². The van der Waals surface area contributed by atoms with Crippen LogP contribution in [0.25, 0.3) is 5.82 Å². The zero-order valence-electron chi connectivity index (χ0n) is 18.1. The molecule has 0 radical (unpaired) electrons. The lowest BCUT2D eigenvalue weighted by atomic mass is 9.92. The molecule has 7 heteroatoms. The van der Waals surface area contributed by atoms with Crippen LogP contribution in [-0.4, -0.2) is 34.9 Å². The number of aromatic nitrogens is 3. The number of methoxy groups -OCH3 is 2. The first-order valence-electron chi connectivity index (χ1n) is 9.84. The zero-order chi connectivity index (χ0) is 21.7. The maximum atomic E-state index is 12.7. The summed E-state index contributed by atoms with van der Waals surface area (Å²) in [7, 11) is 3.20. The summed E-state index contributed by atoms with van der Waals surface area (Å²) in [4.78, 5) is 17.0. The summed E-state index contributed by atoms with van der Waals surface area (Å²) in [5.74, 6) is 2.49. The normalized spacial score (nSPS) is 11.2. The van der Waals surface area contributed by atoms with Crippen molar-refractivity contribution in [3.05, 3.63) is 59.9 Å². The summed E-state index contributed by atoms with van der Waals surface area (Å²) < 4.78 is 12.3. The molecular weight excluding hydrogens is 380 g/mol. The molecule has 0 atom stereocenters. The number of nitrogens with zero attached hydrogens (tertiary/aromatic N) is 3. The highest BCUT2D eigenvalue weighted by molar-refractivity contribution is 5.90. The molecule has 30 heavy (non-hydrogen) atoms. The molecule has 158 valence electrons. The summed E-state index contributed by atoms with van der Waals surface area (Å²) in [5.41, 5.74) is 1.72. The van der Waals surface area contributed by atoms with Crippen LogP contribution in [0.15, 0.2) is 48.7 Å². The van der Waals surface area contributed by atoms with Crippen LogP contribution in [0.1, 0.15) is 38.4 Å². The van der Waals surface area contributed by atoms with E-state index in [0.717, 1.165) is 11.3 Å². The fourth-order valence-corrected chi connectivity index (χ4v) is 2.99. The van der Waals surface area contributed by atoms with E-state index >= 15 is 0 Å². The Morgan fingerprint density at radius 2 is 1.83 bits per heavy atom. The number of amides is 1. The van der Waals surface area contributed by atoms with E-state index in [2.05, 4.69) is 36.2 Å². The summed E-state index contributed by atoms with van der Waals surface area (Å²) in [5, 5.41) is 7.66. The molecule has 0 spiro atoms. The molecule has 0 aliphatic heterocycles. The molecule has 0 aliphatic carbocycles. The van der Waals surface area contributed by atoms with Gasteiger partial charge in [-0.25, -0.2) is 4.98 Å². The van der Waals surface area contributed by atoms with E-state index in [9.17, 15) is 4.79 Å².